The van der Waals surface area contributed by atoms with Gasteiger partial charge in [-0.25, -0.2) is 9.69 Å². The molecule has 29 heavy (non-hydrogen) atoms. The predicted molar refractivity (Wildman–Crippen MR) is 112 cm³/mol. The Morgan fingerprint density at radius 3 is 2.45 bits per heavy atom. The van der Waals surface area contributed by atoms with Crippen LogP contribution in [0.5, 0.6) is 11.5 Å². The summed E-state index contributed by atoms with van der Waals surface area (Å²) in [5.41, 5.74) is 0.602. The maximum absolute atomic E-state index is 13.0. The Labute approximate surface area is 180 Å². The van der Waals surface area contributed by atoms with E-state index in [1.54, 1.807) is 24.3 Å². The lowest BCUT2D eigenvalue weighted by molar-refractivity contribution is -0.122. The van der Waals surface area contributed by atoms with Crippen molar-refractivity contribution in [2.45, 2.75) is 6.92 Å². The highest BCUT2D eigenvalue weighted by Crippen LogP contribution is 2.35. The van der Waals surface area contributed by atoms with Crippen LogP contribution in [0.4, 0.5) is 10.5 Å². The fraction of sp³-hybridized carbons (Fsp3) is 0.150. The van der Waals surface area contributed by atoms with Gasteiger partial charge in [-0.05, 0) is 55.0 Å². The molecule has 3 rings (SSSR count). The summed E-state index contributed by atoms with van der Waals surface area (Å²) < 4.78 is 11.4. The summed E-state index contributed by atoms with van der Waals surface area (Å²) in [7, 11) is 1.51. The van der Waals surface area contributed by atoms with Crippen molar-refractivity contribution < 1.29 is 23.9 Å². The third kappa shape index (κ3) is 4.28. The number of methoxy groups -OCH3 is 1. The number of urea groups is 1. The van der Waals surface area contributed by atoms with Gasteiger partial charge in [-0.15, -0.1) is 0 Å². The zero-order chi connectivity index (χ0) is 21.1. The van der Waals surface area contributed by atoms with Crippen LogP contribution in [-0.4, -0.2) is 31.6 Å². The van der Waals surface area contributed by atoms with Gasteiger partial charge in [0, 0.05) is 9.50 Å². The summed E-state index contributed by atoms with van der Waals surface area (Å²) >= 11 is 9.27. The molecule has 0 spiro atoms. The Morgan fingerprint density at radius 1 is 1.14 bits per heavy atom. The summed E-state index contributed by atoms with van der Waals surface area (Å²) in [6.07, 6.45) is 1.39. The number of amides is 4. The number of rotatable bonds is 5. The summed E-state index contributed by atoms with van der Waals surface area (Å²) in [5, 5.41) is 2.63. The molecule has 2 aromatic carbocycles. The van der Waals surface area contributed by atoms with E-state index in [0.717, 1.165) is 4.90 Å². The molecule has 1 fully saturated rings. The van der Waals surface area contributed by atoms with Gasteiger partial charge in [-0.2, -0.15) is 0 Å². The highest BCUT2D eigenvalue weighted by molar-refractivity contribution is 9.10. The lowest BCUT2D eigenvalue weighted by Crippen LogP contribution is -2.54. The van der Waals surface area contributed by atoms with Crippen molar-refractivity contribution in [2.24, 2.45) is 0 Å². The second-order valence-electron chi connectivity index (χ2n) is 5.89. The molecule has 0 atom stereocenters. The second-order valence-corrected chi connectivity index (χ2v) is 7.18. The van der Waals surface area contributed by atoms with E-state index in [1.165, 1.54) is 25.3 Å². The van der Waals surface area contributed by atoms with Crippen molar-refractivity contribution in [3.8, 4) is 11.5 Å². The molecule has 7 nitrogen and oxygen atoms in total. The predicted octanol–water partition coefficient (Wildman–Crippen LogP) is 4.18. The summed E-state index contributed by atoms with van der Waals surface area (Å²) in [6.45, 7) is 2.24. The molecule has 0 aliphatic carbocycles. The number of halogens is 2. The van der Waals surface area contributed by atoms with Crippen molar-refractivity contribution in [3.05, 3.63) is 57.0 Å². The Kier molecular flexibility index (Phi) is 6.24. The maximum atomic E-state index is 13.0. The van der Waals surface area contributed by atoms with Crippen LogP contribution in [0.2, 0.25) is 5.02 Å². The molecular weight excluding hydrogens is 464 g/mol. The molecule has 2 aromatic rings. The SMILES string of the molecule is CCOc1cc(/C=C2\C(=O)NC(=O)N(c3ccc(Cl)cc3)C2=O)c(Br)cc1OC. The Bertz CT molecular complexity index is 1020. The molecule has 1 N–H and O–H groups in total. The third-order valence-electron chi connectivity index (χ3n) is 4.07. The van der Waals surface area contributed by atoms with Crippen molar-refractivity contribution in [1.29, 1.82) is 0 Å². The minimum absolute atomic E-state index is 0.201. The second kappa shape index (κ2) is 8.67. The number of nitrogens with one attached hydrogen (secondary N) is 1. The molecule has 0 radical (unpaired) electrons. The quantitative estimate of drug-likeness (QED) is 0.514. The van der Waals surface area contributed by atoms with Gasteiger partial charge in [0.25, 0.3) is 11.8 Å². The van der Waals surface area contributed by atoms with E-state index in [2.05, 4.69) is 21.2 Å². The fourth-order valence-electron chi connectivity index (χ4n) is 2.73. The number of carbonyl (C=O) groups excluding carboxylic acids is 3. The first-order valence-corrected chi connectivity index (χ1v) is 9.70. The monoisotopic (exact) mass is 478 g/mol. The average Bonchev–Trinajstić information content (AvgIpc) is 2.68. The minimum atomic E-state index is -0.830. The van der Waals surface area contributed by atoms with E-state index in [9.17, 15) is 14.4 Å². The molecule has 0 unspecified atom stereocenters. The van der Waals surface area contributed by atoms with E-state index in [1.807, 2.05) is 6.92 Å². The van der Waals surface area contributed by atoms with Gasteiger partial charge in [-0.3, -0.25) is 14.9 Å². The molecule has 9 heteroatoms. The van der Waals surface area contributed by atoms with E-state index in [0.29, 0.717) is 38.9 Å². The van der Waals surface area contributed by atoms with Crippen LogP contribution in [-0.2, 0) is 9.59 Å². The lowest BCUT2D eigenvalue weighted by atomic mass is 10.1. The van der Waals surface area contributed by atoms with Gasteiger partial charge in [-0.1, -0.05) is 27.5 Å². The third-order valence-corrected chi connectivity index (χ3v) is 5.01. The van der Waals surface area contributed by atoms with E-state index < -0.39 is 17.8 Å². The number of nitrogens with zero attached hydrogens (tertiary/aromatic N) is 1. The number of benzene rings is 2. The fourth-order valence-corrected chi connectivity index (χ4v) is 3.29. The largest absolute Gasteiger partial charge is 0.493 e. The van der Waals surface area contributed by atoms with Gasteiger partial charge in [0.2, 0.25) is 0 Å². The summed E-state index contributed by atoms with van der Waals surface area (Å²) in [6, 6.07) is 8.61. The zero-order valence-electron chi connectivity index (χ0n) is 15.5. The Hall–Kier alpha value is -2.84. The molecule has 150 valence electrons. The molecule has 1 aliphatic heterocycles. The number of imide groups is 2. The number of ether oxygens (including phenoxy) is 2. The highest BCUT2D eigenvalue weighted by Gasteiger charge is 2.37. The number of barbiturate groups is 1. The Balaban J connectivity index is 2.05. The molecule has 0 saturated carbocycles. The van der Waals surface area contributed by atoms with Crippen molar-refractivity contribution in [3.63, 3.8) is 0 Å². The highest BCUT2D eigenvalue weighted by atomic mass is 79.9. The normalized spacial score (nSPS) is 15.5. The molecule has 0 bridgehead atoms. The lowest BCUT2D eigenvalue weighted by Gasteiger charge is -2.26. The van der Waals surface area contributed by atoms with Crippen molar-refractivity contribution >= 4 is 57.1 Å². The first-order chi connectivity index (χ1) is 13.8. The number of anilines is 1. The number of hydrogen-bond donors (Lipinski definition) is 1. The summed E-state index contributed by atoms with van der Waals surface area (Å²) in [4.78, 5) is 38.4. The van der Waals surface area contributed by atoms with E-state index in [4.69, 9.17) is 21.1 Å². The Morgan fingerprint density at radius 2 is 1.83 bits per heavy atom. The van der Waals surface area contributed by atoms with Gasteiger partial charge in [0.1, 0.15) is 5.57 Å². The van der Waals surface area contributed by atoms with Crippen LogP contribution in [0.25, 0.3) is 6.08 Å². The van der Waals surface area contributed by atoms with Crippen LogP contribution in [0, 0.1) is 0 Å². The van der Waals surface area contributed by atoms with Gasteiger partial charge in [0.05, 0.1) is 19.4 Å². The molecule has 1 heterocycles. The average molecular weight is 480 g/mol. The van der Waals surface area contributed by atoms with Crippen LogP contribution in [0.1, 0.15) is 12.5 Å². The molecular formula is C20H16BrClN2O5. The van der Waals surface area contributed by atoms with Crippen molar-refractivity contribution in [1.82, 2.24) is 5.32 Å². The minimum Gasteiger partial charge on any atom is -0.493 e. The number of hydrogen-bond acceptors (Lipinski definition) is 5. The van der Waals surface area contributed by atoms with E-state index >= 15 is 0 Å². The smallest absolute Gasteiger partial charge is 0.335 e. The van der Waals surface area contributed by atoms with E-state index in [-0.39, 0.29) is 5.57 Å². The molecule has 0 aromatic heterocycles. The number of carbonyl (C=O) groups is 3. The van der Waals surface area contributed by atoms with Gasteiger partial charge >= 0.3 is 6.03 Å². The van der Waals surface area contributed by atoms with Gasteiger partial charge in [0.15, 0.2) is 11.5 Å². The van der Waals surface area contributed by atoms with Crippen LogP contribution in [0.3, 0.4) is 0 Å². The maximum Gasteiger partial charge on any atom is 0.335 e. The molecule has 1 aliphatic rings. The molecule has 1 saturated heterocycles. The van der Waals surface area contributed by atoms with Crippen LogP contribution < -0.4 is 19.7 Å². The summed E-state index contributed by atoms with van der Waals surface area (Å²) in [5.74, 6) is -0.578. The molecule has 4 amide bonds. The zero-order valence-corrected chi connectivity index (χ0v) is 17.8. The standard InChI is InChI=1S/C20H16BrClN2O5/c1-3-29-17-9-11(15(21)10-16(17)28-2)8-14-18(25)23-20(27)24(19(14)26)13-6-4-12(22)5-7-13/h4-10H,3H2,1-2H3,(H,23,25,27)/b14-8+. The van der Waals surface area contributed by atoms with Crippen molar-refractivity contribution in [2.75, 3.05) is 18.6 Å². The van der Waals surface area contributed by atoms with Gasteiger partial charge < -0.3 is 9.47 Å². The van der Waals surface area contributed by atoms with Crippen LogP contribution >= 0.6 is 27.5 Å². The topological polar surface area (TPSA) is 84.9 Å². The first-order valence-electron chi connectivity index (χ1n) is 8.53. The first kappa shape index (κ1) is 20.9. The van der Waals surface area contributed by atoms with Crippen LogP contribution in [0.15, 0.2) is 46.4 Å².